The monoisotopic (exact) mass is 236 g/mol. The van der Waals surface area contributed by atoms with Gasteiger partial charge in [-0.25, -0.2) is 11.3 Å². The number of hydrogen-bond donors (Lipinski definition) is 5. The topological polar surface area (TPSA) is 104 Å². The van der Waals surface area contributed by atoms with Gasteiger partial charge in [0.1, 0.15) is 6.04 Å². The minimum atomic E-state index is -0.359. The maximum Gasteiger partial charge on any atom is 0.254 e. The highest BCUT2D eigenvalue weighted by Gasteiger charge is 2.31. The number of hydrazine groups is 2. The zero-order valence-electron chi connectivity index (χ0n) is 9.31. The molecule has 2 unspecified atom stereocenters. The van der Waals surface area contributed by atoms with Crippen LogP contribution in [-0.4, -0.2) is 29.5 Å². The van der Waals surface area contributed by atoms with Crippen molar-refractivity contribution in [2.45, 2.75) is 18.6 Å². The van der Waals surface area contributed by atoms with Crippen LogP contribution >= 0.6 is 0 Å². The van der Waals surface area contributed by atoms with E-state index in [1.165, 1.54) is 0 Å². The van der Waals surface area contributed by atoms with Gasteiger partial charge in [-0.15, -0.1) is 0 Å². The summed E-state index contributed by atoms with van der Waals surface area (Å²) >= 11 is 0. The first kappa shape index (κ1) is 11.9. The van der Waals surface area contributed by atoms with Crippen LogP contribution in [0, 0.1) is 0 Å². The van der Waals surface area contributed by atoms with Crippen molar-refractivity contribution in [3.63, 3.8) is 0 Å². The first-order valence-corrected chi connectivity index (χ1v) is 5.42. The summed E-state index contributed by atoms with van der Waals surface area (Å²) in [7, 11) is 0. The number of carbonyl (C=O) groups excluding carboxylic acids is 1. The number of nitrogens with one attached hydrogen (secondary N) is 4. The van der Waals surface area contributed by atoms with Crippen LogP contribution in [0.1, 0.15) is 5.56 Å². The number of carbonyl (C=O) groups is 1. The zero-order valence-corrected chi connectivity index (χ0v) is 9.31. The van der Waals surface area contributed by atoms with Crippen molar-refractivity contribution in [3.05, 3.63) is 30.1 Å². The highest BCUT2D eigenvalue weighted by atomic mass is 16.2. The lowest BCUT2D eigenvalue weighted by Gasteiger charge is -2.18. The van der Waals surface area contributed by atoms with Gasteiger partial charge in [0.2, 0.25) is 0 Å². The zero-order chi connectivity index (χ0) is 12.1. The summed E-state index contributed by atoms with van der Waals surface area (Å²) in [6.07, 6.45) is 3.48. The molecule has 7 heteroatoms. The maximum atomic E-state index is 11.4. The Hall–Kier alpha value is -1.54. The molecule has 1 saturated heterocycles. The van der Waals surface area contributed by atoms with E-state index in [1.807, 2.05) is 12.1 Å². The van der Waals surface area contributed by atoms with Crippen LogP contribution in [0.4, 0.5) is 0 Å². The highest BCUT2D eigenvalue weighted by Crippen LogP contribution is 2.02. The van der Waals surface area contributed by atoms with E-state index in [0.29, 0.717) is 13.1 Å². The standard InChI is InChI=1S/C10H16N6O/c11-15-10(17)9-8(6-14-16-9)13-5-7-1-3-12-4-2-7/h1-4,8-9,13-14,16H,5-6,11H2,(H,15,17). The van der Waals surface area contributed by atoms with Crippen LogP contribution in [0.25, 0.3) is 0 Å². The second-order valence-corrected chi connectivity index (χ2v) is 3.85. The van der Waals surface area contributed by atoms with Crippen molar-refractivity contribution in [3.8, 4) is 0 Å². The van der Waals surface area contributed by atoms with E-state index < -0.39 is 0 Å². The van der Waals surface area contributed by atoms with E-state index >= 15 is 0 Å². The molecule has 1 aromatic heterocycles. The SMILES string of the molecule is NNC(=O)C1NNCC1NCc1ccncc1. The minimum absolute atomic E-state index is 0.00622. The molecule has 1 aliphatic rings. The first-order chi connectivity index (χ1) is 8.31. The van der Waals surface area contributed by atoms with Crippen molar-refractivity contribution in [2.24, 2.45) is 5.84 Å². The average molecular weight is 236 g/mol. The van der Waals surface area contributed by atoms with Crippen LogP contribution in [0.3, 0.4) is 0 Å². The largest absolute Gasteiger partial charge is 0.307 e. The summed E-state index contributed by atoms with van der Waals surface area (Å²) < 4.78 is 0. The van der Waals surface area contributed by atoms with Crippen molar-refractivity contribution in [1.29, 1.82) is 0 Å². The second-order valence-electron chi connectivity index (χ2n) is 3.85. The molecule has 0 aliphatic carbocycles. The fourth-order valence-corrected chi connectivity index (χ4v) is 1.77. The normalized spacial score (nSPS) is 23.6. The molecule has 0 bridgehead atoms. The molecule has 92 valence electrons. The summed E-state index contributed by atoms with van der Waals surface area (Å²) in [5.74, 6) is 4.88. The Kier molecular flexibility index (Phi) is 3.99. The second kappa shape index (κ2) is 5.69. The molecule has 17 heavy (non-hydrogen) atoms. The number of hydrogen-bond acceptors (Lipinski definition) is 6. The molecule has 6 N–H and O–H groups in total. The summed E-state index contributed by atoms with van der Waals surface area (Å²) in [5.41, 5.74) is 9.08. The van der Waals surface area contributed by atoms with Gasteiger partial charge in [0.25, 0.3) is 5.91 Å². The molecule has 1 aliphatic heterocycles. The van der Waals surface area contributed by atoms with Gasteiger partial charge >= 0.3 is 0 Å². The van der Waals surface area contributed by atoms with Gasteiger partial charge in [-0.3, -0.25) is 20.6 Å². The summed E-state index contributed by atoms with van der Waals surface area (Å²) in [5, 5.41) is 3.29. The molecular formula is C10H16N6O. The van der Waals surface area contributed by atoms with Gasteiger partial charge in [0, 0.05) is 31.5 Å². The fraction of sp³-hybridized carbons (Fsp3) is 0.400. The van der Waals surface area contributed by atoms with E-state index in [2.05, 4.69) is 26.6 Å². The molecule has 0 spiro atoms. The predicted molar refractivity (Wildman–Crippen MR) is 62.1 cm³/mol. The molecule has 0 radical (unpaired) electrons. The Morgan fingerprint density at radius 2 is 2.29 bits per heavy atom. The summed E-state index contributed by atoms with van der Waals surface area (Å²) in [4.78, 5) is 15.4. The molecular weight excluding hydrogens is 220 g/mol. The third-order valence-corrected chi connectivity index (χ3v) is 2.72. The van der Waals surface area contributed by atoms with Gasteiger partial charge in [0.15, 0.2) is 0 Å². The first-order valence-electron chi connectivity index (χ1n) is 5.42. The Bertz CT molecular complexity index is 370. The summed E-state index contributed by atoms with van der Waals surface area (Å²) in [6.45, 7) is 1.36. The van der Waals surface area contributed by atoms with Gasteiger partial charge in [-0.05, 0) is 17.7 Å². The maximum absolute atomic E-state index is 11.4. The highest BCUT2D eigenvalue weighted by molar-refractivity contribution is 5.82. The van der Waals surface area contributed by atoms with Crippen LogP contribution in [0.2, 0.25) is 0 Å². The molecule has 2 rings (SSSR count). The predicted octanol–water partition coefficient (Wildman–Crippen LogP) is -1.99. The number of rotatable bonds is 4. The van der Waals surface area contributed by atoms with Gasteiger partial charge in [0.05, 0.1) is 0 Å². The minimum Gasteiger partial charge on any atom is -0.307 e. The third kappa shape index (κ3) is 2.98. The van der Waals surface area contributed by atoms with Crippen LogP contribution in [-0.2, 0) is 11.3 Å². The van der Waals surface area contributed by atoms with Crippen LogP contribution in [0.15, 0.2) is 24.5 Å². The molecule has 1 aromatic rings. The van der Waals surface area contributed by atoms with Crippen molar-refractivity contribution < 1.29 is 4.79 Å². The summed E-state index contributed by atoms with van der Waals surface area (Å²) in [6, 6.07) is 3.51. The average Bonchev–Trinajstić information content (AvgIpc) is 2.85. The Morgan fingerprint density at radius 3 is 3.00 bits per heavy atom. The van der Waals surface area contributed by atoms with E-state index in [4.69, 9.17) is 5.84 Å². The number of nitrogens with two attached hydrogens (primary N) is 1. The van der Waals surface area contributed by atoms with E-state index in [-0.39, 0.29) is 18.0 Å². The number of amides is 1. The van der Waals surface area contributed by atoms with Crippen LogP contribution in [0.5, 0.6) is 0 Å². The van der Waals surface area contributed by atoms with E-state index in [9.17, 15) is 4.79 Å². The molecule has 1 fully saturated rings. The molecule has 7 nitrogen and oxygen atoms in total. The van der Waals surface area contributed by atoms with E-state index in [1.54, 1.807) is 12.4 Å². The molecule has 2 heterocycles. The van der Waals surface area contributed by atoms with Gasteiger partial charge in [-0.2, -0.15) is 0 Å². The third-order valence-electron chi connectivity index (χ3n) is 2.72. The molecule has 0 aromatic carbocycles. The Balaban J connectivity index is 1.88. The van der Waals surface area contributed by atoms with Crippen LogP contribution < -0.4 is 27.4 Å². The molecule has 1 amide bonds. The van der Waals surface area contributed by atoms with Gasteiger partial charge < -0.3 is 5.32 Å². The van der Waals surface area contributed by atoms with E-state index in [0.717, 1.165) is 5.56 Å². The Morgan fingerprint density at radius 1 is 1.53 bits per heavy atom. The molecule has 0 saturated carbocycles. The number of aromatic nitrogens is 1. The van der Waals surface area contributed by atoms with Crippen molar-refractivity contribution in [1.82, 2.24) is 26.6 Å². The Labute approximate surface area is 99.1 Å². The fourth-order valence-electron chi connectivity index (χ4n) is 1.77. The van der Waals surface area contributed by atoms with Crippen molar-refractivity contribution >= 4 is 5.91 Å². The van der Waals surface area contributed by atoms with Gasteiger partial charge in [-0.1, -0.05) is 0 Å². The lowest BCUT2D eigenvalue weighted by Crippen LogP contribution is -2.53. The smallest absolute Gasteiger partial charge is 0.254 e. The lowest BCUT2D eigenvalue weighted by atomic mass is 10.1. The van der Waals surface area contributed by atoms with Crippen molar-refractivity contribution in [2.75, 3.05) is 6.54 Å². The quantitative estimate of drug-likeness (QED) is 0.235. The number of nitrogens with zero attached hydrogens (tertiary/aromatic N) is 1. The lowest BCUT2D eigenvalue weighted by molar-refractivity contribution is -0.123. The molecule has 2 atom stereocenters. The number of pyridine rings is 1.